The maximum absolute atomic E-state index is 13.8. The summed E-state index contributed by atoms with van der Waals surface area (Å²) in [6, 6.07) is 3.59. The molecule has 0 amide bonds. The van der Waals surface area contributed by atoms with Crippen LogP contribution in [0.15, 0.2) is 30.5 Å². The summed E-state index contributed by atoms with van der Waals surface area (Å²) in [6.07, 6.45) is -4.00. The third-order valence-electron chi connectivity index (χ3n) is 2.55. The lowest BCUT2D eigenvalue weighted by Crippen LogP contribution is -2.05. The molecule has 0 fully saturated rings. The molecule has 0 N–H and O–H groups in total. The molecule has 1 aromatic heterocycles. The highest BCUT2D eigenvalue weighted by Crippen LogP contribution is 2.33. The second-order valence-electron chi connectivity index (χ2n) is 3.80. The van der Waals surface area contributed by atoms with E-state index in [0.29, 0.717) is 6.20 Å². The van der Waals surface area contributed by atoms with Crippen molar-refractivity contribution >= 4 is 5.69 Å². The summed E-state index contributed by atoms with van der Waals surface area (Å²) in [7, 11) is 0. The highest BCUT2D eigenvalue weighted by molar-refractivity contribution is 5.67. The Morgan fingerprint density at radius 3 is 2.25 bits per heavy atom. The summed E-state index contributed by atoms with van der Waals surface area (Å²) in [5, 5.41) is 0. The van der Waals surface area contributed by atoms with Crippen LogP contribution >= 0.6 is 0 Å². The fourth-order valence-corrected chi connectivity index (χ4v) is 1.56. The third kappa shape index (κ3) is 2.45. The topological polar surface area (TPSA) is 17.2 Å². The van der Waals surface area contributed by atoms with Gasteiger partial charge in [0.2, 0.25) is 0 Å². The SMILES string of the molecule is [C-]#[N+]c1c(F)ccc(-c2ccc(C(F)(F)F)cn2)c1F. The minimum atomic E-state index is -4.55. The van der Waals surface area contributed by atoms with E-state index in [2.05, 4.69) is 9.83 Å². The zero-order valence-corrected chi connectivity index (χ0v) is 9.67. The van der Waals surface area contributed by atoms with E-state index in [4.69, 9.17) is 6.57 Å². The van der Waals surface area contributed by atoms with Crippen molar-refractivity contribution < 1.29 is 22.0 Å². The maximum atomic E-state index is 13.8. The van der Waals surface area contributed by atoms with Crippen LogP contribution in [0.3, 0.4) is 0 Å². The van der Waals surface area contributed by atoms with Gasteiger partial charge in [0.15, 0.2) is 0 Å². The van der Waals surface area contributed by atoms with Gasteiger partial charge in [-0.2, -0.15) is 13.2 Å². The van der Waals surface area contributed by atoms with Crippen LogP contribution in [0.25, 0.3) is 16.1 Å². The van der Waals surface area contributed by atoms with Gasteiger partial charge in [-0.25, -0.2) is 13.6 Å². The molecule has 20 heavy (non-hydrogen) atoms. The number of benzene rings is 1. The zero-order chi connectivity index (χ0) is 14.9. The van der Waals surface area contributed by atoms with Crippen LogP contribution in [-0.4, -0.2) is 4.98 Å². The summed E-state index contributed by atoms with van der Waals surface area (Å²) in [6.45, 7) is 6.68. The van der Waals surface area contributed by atoms with Crippen molar-refractivity contribution in [2.24, 2.45) is 0 Å². The first kappa shape index (κ1) is 13.9. The lowest BCUT2D eigenvalue weighted by atomic mass is 10.1. The maximum Gasteiger partial charge on any atom is 0.417 e. The normalized spacial score (nSPS) is 11.2. The number of nitrogens with zero attached hydrogens (tertiary/aromatic N) is 2. The van der Waals surface area contributed by atoms with E-state index in [0.717, 1.165) is 24.3 Å². The van der Waals surface area contributed by atoms with Crippen LogP contribution in [-0.2, 0) is 6.18 Å². The van der Waals surface area contributed by atoms with Gasteiger partial charge in [0.1, 0.15) is 11.6 Å². The molecule has 1 heterocycles. The molecule has 7 heteroatoms. The summed E-state index contributed by atoms with van der Waals surface area (Å²) in [4.78, 5) is 6.20. The number of halogens is 5. The van der Waals surface area contributed by atoms with Crippen molar-refractivity contribution in [3.05, 3.63) is 59.1 Å². The van der Waals surface area contributed by atoms with Gasteiger partial charge in [0.05, 0.1) is 17.8 Å². The van der Waals surface area contributed by atoms with E-state index in [1.807, 2.05) is 0 Å². The molecule has 0 spiro atoms. The van der Waals surface area contributed by atoms with Crippen molar-refractivity contribution in [3.63, 3.8) is 0 Å². The predicted molar refractivity (Wildman–Crippen MR) is 60.9 cm³/mol. The van der Waals surface area contributed by atoms with Gasteiger partial charge >= 0.3 is 6.18 Å². The Balaban J connectivity index is 2.51. The fourth-order valence-electron chi connectivity index (χ4n) is 1.56. The van der Waals surface area contributed by atoms with E-state index < -0.39 is 29.1 Å². The first-order valence-electron chi connectivity index (χ1n) is 5.23. The number of rotatable bonds is 1. The Bertz CT molecular complexity index is 684. The second kappa shape index (κ2) is 4.89. The highest BCUT2D eigenvalue weighted by atomic mass is 19.4. The molecule has 0 saturated heterocycles. The van der Waals surface area contributed by atoms with Gasteiger partial charge in [-0.05, 0) is 24.3 Å². The van der Waals surface area contributed by atoms with Gasteiger partial charge in [0, 0.05) is 11.8 Å². The lowest BCUT2D eigenvalue weighted by molar-refractivity contribution is -0.137. The minimum absolute atomic E-state index is 0.111. The highest BCUT2D eigenvalue weighted by Gasteiger charge is 2.30. The molecule has 0 aliphatic carbocycles. The molecule has 0 unspecified atom stereocenters. The Morgan fingerprint density at radius 2 is 1.75 bits per heavy atom. The van der Waals surface area contributed by atoms with Crippen LogP contribution in [0.2, 0.25) is 0 Å². The Hall–Kier alpha value is -2.49. The van der Waals surface area contributed by atoms with Gasteiger partial charge in [-0.3, -0.25) is 4.98 Å². The van der Waals surface area contributed by atoms with Crippen molar-refractivity contribution in [3.8, 4) is 11.3 Å². The Kier molecular flexibility index (Phi) is 3.40. The second-order valence-corrected chi connectivity index (χ2v) is 3.80. The molecule has 0 bridgehead atoms. The summed E-state index contributed by atoms with van der Waals surface area (Å²) in [5.74, 6) is -2.18. The average Bonchev–Trinajstić information content (AvgIpc) is 2.38. The Morgan fingerprint density at radius 1 is 1.05 bits per heavy atom. The van der Waals surface area contributed by atoms with Crippen molar-refractivity contribution in [1.82, 2.24) is 4.98 Å². The molecular formula is C13H5F5N2. The molecule has 0 radical (unpaired) electrons. The predicted octanol–water partition coefficient (Wildman–Crippen LogP) is 4.60. The molecule has 2 rings (SSSR count). The van der Waals surface area contributed by atoms with Crippen LogP contribution in [0, 0.1) is 18.2 Å². The first-order chi connectivity index (χ1) is 9.34. The zero-order valence-electron chi connectivity index (χ0n) is 9.67. The largest absolute Gasteiger partial charge is 0.417 e. The number of hydrogen-bond donors (Lipinski definition) is 0. The van der Waals surface area contributed by atoms with Crippen molar-refractivity contribution in [1.29, 1.82) is 0 Å². The third-order valence-corrected chi connectivity index (χ3v) is 2.55. The van der Waals surface area contributed by atoms with Gasteiger partial charge in [-0.15, -0.1) is 0 Å². The minimum Gasteiger partial charge on any atom is -0.256 e. The van der Waals surface area contributed by atoms with Crippen LogP contribution in [0.5, 0.6) is 0 Å². The molecule has 2 aromatic rings. The van der Waals surface area contributed by atoms with E-state index >= 15 is 0 Å². The standard InChI is InChI=1S/C13H5F5N2/c1-19-12-9(14)4-3-8(11(12)15)10-5-2-7(6-20-10)13(16,17)18/h2-6H. The van der Waals surface area contributed by atoms with E-state index in [1.165, 1.54) is 0 Å². The van der Waals surface area contributed by atoms with Gasteiger partial charge < -0.3 is 0 Å². The lowest BCUT2D eigenvalue weighted by Gasteiger charge is -2.08. The van der Waals surface area contributed by atoms with E-state index in [9.17, 15) is 22.0 Å². The van der Waals surface area contributed by atoms with E-state index in [-0.39, 0.29) is 11.3 Å². The smallest absolute Gasteiger partial charge is 0.256 e. The summed E-state index contributed by atoms with van der Waals surface area (Å²) < 4.78 is 64.1. The van der Waals surface area contributed by atoms with Gasteiger partial charge in [-0.1, -0.05) is 0 Å². The molecule has 2 nitrogen and oxygen atoms in total. The number of pyridine rings is 1. The number of hydrogen-bond acceptors (Lipinski definition) is 1. The molecule has 0 atom stereocenters. The Labute approximate surface area is 110 Å². The molecule has 0 saturated carbocycles. The molecular weight excluding hydrogens is 279 g/mol. The van der Waals surface area contributed by atoms with Gasteiger partial charge in [0.25, 0.3) is 5.69 Å². The van der Waals surface area contributed by atoms with Crippen molar-refractivity contribution in [2.75, 3.05) is 0 Å². The van der Waals surface area contributed by atoms with Crippen molar-refractivity contribution in [2.45, 2.75) is 6.18 Å². The van der Waals surface area contributed by atoms with Crippen LogP contribution < -0.4 is 0 Å². The molecule has 0 aliphatic rings. The quantitative estimate of drug-likeness (QED) is 0.552. The molecule has 1 aromatic carbocycles. The number of aromatic nitrogens is 1. The number of alkyl halides is 3. The van der Waals surface area contributed by atoms with Crippen LogP contribution in [0.1, 0.15) is 5.56 Å². The monoisotopic (exact) mass is 284 g/mol. The average molecular weight is 284 g/mol. The first-order valence-corrected chi connectivity index (χ1v) is 5.23. The summed E-state index contributed by atoms with van der Waals surface area (Å²) >= 11 is 0. The molecule has 0 aliphatic heterocycles. The van der Waals surface area contributed by atoms with E-state index in [1.54, 1.807) is 0 Å². The summed E-state index contributed by atoms with van der Waals surface area (Å²) in [5.41, 5.74) is -2.13. The molecule has 102 valence electrons. The van der Waals surface area contributed by atoms with Crippen LogP contribution in [0.4, 0.5) is 27.6 Å². The fraction of sp³-hybridized carbons (Fsp3) is 0.0769.